The summed E-state index contributed by atoms with van der Waals surface area (Å²) in [6, 6.07) is 8.45. The normalized spacial score (nSPS) is 18.2. The zero-order chi connectivity index (χ0) is 21.5. The van der Waals surface area contributed by atoms with Gasteiger partial charge in [0.2, 0.25) is 5.95 Å². The summed E-state index contributed by atoms with van der Waals surface area (Å²) in [5.74, 6) is 3.34. The molecule has 4 aromatic rings. The molecular formula is C23H29N9. The van der Waals surface area contributed by atoms with Crippen LogP contribution in [0.2, 0.25) is 0 Å². The number of nitrogens with one attached hydrogen (secondary N) is 4. The molecule has 0 bridgehead atoms. The molecule has 0 aliphatic heterocycles. The molecule has 0 spiro atoms. The van der Waals surface area contributed by atoms with Gasteiger partial charge in [-0.05, 0) is 56.7 Å². The molecule has 2 aliphatic rings. The van der Waals surface area contributed by atoms with Crippen LogP contribution < -0.4 is 10.6 Å². The second-order valence-electron chi connectivity index (χ2n) is 9.23. The lowest BCUT2D eigenvalue weighted by Gasteiger charge is -2.28. The van der Waals surface area contributed by atoms with Crippen LogP contribution >= 0.6 is 0 Å². The highest BCUT2D eigenvalue weighted by atomic mass is 15.3. The molecule has 4 N–H and O–H groups in total. The van der Waals surface area contributed by atoms with Crippen LogP contribution in [0.5, 0.6) is 0 Å². The van der Waals surface area contributed by atoms with Crippen molar-refractivity contribution >= 4 is 23.1 Å². The molecule has 9 heteroatoms. The molecule has 2 saturated carbocycles. The van der Waals surface area contributed by atoms with E-state index in [0.29, 0.717) is 29.6 Å². The van der Waals surface area contributed by atoms with Gasteiger partial charge >= 0.3 is 0 Å². The van der Waals surface area contributed by atoms with Gasteiger partial charge < -0.3 is 10.6 Å². The molecule has 0 amide bonds. The minimum Gasteiger partial charge on any atom is -0.365 e. The third kappa shape index (κ3) is 3.83. The van der Waals surface area contributed by atoms with Gasteiger partial charge in [0.15, 0.2) is 11.6 Å². The number of aromatic amines is 2. The van der Waals surface area contributed by atoms with Crippen LogP contribution in [-0.2, 0) is 0 Å². The zero-order valence-corrected chi connectivity index (χ0v) is 18.3. The molecule has 0 unspecified atom stereocenters. The first-order valence-electron chi connectivity index (χ1n) is 11.7. The molecule has 6 rings (SSSR count). The van der Waals surface area contributed by atoms with Crippen LogP contribution in [0, 0.1) is 5.92 Å². The Morgan fingerprint density at radius 2 is 1.94 bits per heavy atom. The summed E-state index contributed by atoms with van der Waals surface area (Å²) >= 11 is 0. The Morgan fingerprint density at radius 3 is 2.78 bits per heavy atom. The highest BCUT2D eigenvalue weighted by Crippen LogP contribution is 2.40. The van der Waals surface area contributed by atoms with E-state index in [9.17, 15) is 0 Å². The fourth-order valence-corrected chi connectivity index (χ4v) is 4.77. The van der Waals surface area contributed by atoms with E-state index < -0.39 is 0 Å². The summed E-state index contributed by atoms with van der Waals surface area (Å²) in [6.45, 7) is 2.27. The summed E-state index contributed by atoms with van der Waals surface area (Å²) in [5.41, 5.74) is 3.92. The van der Waals surface area contributed by atoms with Crippen molar-refractivity contribution in [2.45, 2.75) is 63.8 Å². The fourth-order valence-electron chi connectivity index (χ4n) is 4.77. The minimum atomic E-state index is 0.370. The Hall–Kier alpha value is -3.36. The summed E-state index contributed by atoms with van der Waals surface area (Å²) in [4.78, 5) is 4.79. The molecule has 2 aliphatic carbocycles. The van der Waals surface area contributed by atoms with Crippen molar-refractivity contribution in [2.75, 3.05) is 10.6 Å². The predicted octanol–water partition coefficient (Wildman–Crippen LogP) is 4.84. The third-order valence-corrected chi connectivity index (χ3v) is 6.82. The van der Waals surface area contributed by atoms with Crippen LogP contribution in [0.4, 0.5) is 17.6 Å². The lowest BCUT2D eigenvalue weighted by Crippen LogP contribution is -2.28. The number of H-pyrrole nitrogens is 2. The van der Waals surface area contributed by atoms with Gasteiger partial charge in [0, 0.05) is 29.9 Å². The molecule has 0 aromatic carbocycles. The minimum absolute atomic E-state index is 0.370. The summed E-state index contributed by atoms with van der Waals surface area (Å²) in [7, 11) is 0. The number of nitrogens with zero attached hydrogens (tertiary/aromatic N) is 5. The van der Waals surface area contributed by atoms with Crippen molar-refractivity contribution in [3.05, 3.63) is 36.2 Å². The van der Waals surface area contributed by atoms with E-state index in [2.05, 4.69) is 49.1 Å². The maximum absolute atomic E-state index is 4.79. The monoisotopic (exact) mass is 431 g/mol. The Kier molecular flexibility index (Phi) is 4.81. The van der Waals surface area contributed by atoms with Crippen molar-refractivity contribution in [1.82, 2.24) is 35.0 Å². The summed E-state index contributed by atoms with van der Waals surface area (Å²) in [6.07, 6.45) is 11.0. The van der Waals surface area contributed by atoms with Crippen LogP contribution in [0.3, 0.4) is 0 Å². The Labute approximate surface area is 186 Å². The smallest absolute Gasteiger partial charge is 0.248 e. The maximum Gasteiger partial charge on any atom is 0.248 e. The molecule has 2 fully saturated rings. The third-order valence-electron chi connectivity index (χ3n) is 6.82. The number of rotatable bonds is 7. The first-order chi connectivity index (χ1) is 15.7. The van der Waals surface area contributed by atoms with E-state index >= 15 is 0 Å². The number of hydrogen-bond acceptors (Lipinski definition) is 6. The average Bonchev–Trinajstić information content (AvgIpc) is 3.19. The number of anilines is 3. The summed E-state index contributed by atoms with van der Waals surface area (Å²) < 4.78 is 1.86. The largest absolute Gasteiger partial charge is 0.365 e. The lowest BCUT2D eigenvalue weighted by atomic mass is 9.84. The van der Waals surface area contributed by atoms with E-state index in [0.717, 1.165) is 22.7 Å². The van der Waals surface area contributed by atoms with Gasteiger partial charge in [0.1, 0.15) is 11.2 Å². The van der Waals surface area contributed by atoms with Crippen molar-refractivity contribution < 1.29 is 0 Å². The van der Waals surface area contributed by atoms with Crippen molar-refractivity contribution in [1.29, 1.82) is 0 Å². The Bertz CT molecular complexity index is 1210. The second kappa shape index (κ2) is 7.96. The Balaban J connectivity index is 1.22. The molecular weight excluding hydrogens is 402 g/mol. The molecule has 1 atom stereocenters. The topological polar surface area (TPSA) is 112 Å². The van der Waals surface area contributed by atoms with Crippen LogP contribution in [0.15, 0.2) is 30.5 Å². The molecule has 166 valence electrons. The maximum atomic E-state index is 4.79. The fraction of sp³-hybridized carbons (Fsp3) is 0.478. The molecule has 4 heterocycles. The van der Waals surface area contributed by atoms with Gasteiger partial charge in [0.25, 0.3) is 0 Å². The van der Waals surface area contributed by atoms with Crippen LogP contribution in [0.25, 0.3) is 16.9 Å². The van der Waals surface area contributed by atoms with Gasteiger partial charge in [-0.3, -0.25) is 10.2 Å². The van der Waals surface area contributed by atoms with E-state index in [1.54, 1.807) is 0 Å². The molecule has 4 aromatic heterocycles. The van der Waals surface area contributed by atoms with Crippen molar-refractivity contribution in [3.63, 3.8) is 0 Å². The zero-order valence-electron chi connectivity index (χ0n) is 18.3. The standard InChI is InChI=1S/C23H29N9/c1-14(15-6-3-2-4-7-15)24-22-20-8-5-11-32(20)31-23(26-22)25-21-13-19(29-30-21)18-12-17(27-28-18)16-9-10-16/h5,8,11-16H,2-4,6-7,9-10H2,1H3,(H,27,28)(H3,24,25,26,29,30,31)/t14-/m0/s1. The summed E-state index contributed by atoms with van der Waals surface area (Å²) in [5, 5.41) is 26.5. The molecule has 32 heavy (non-hydrogen) atoms. The van der Waals surface area contributed by atoms with Gasteiger partial charge in [-0.2, -0.15) is 15.2 Å². The molecule has 9 nitrogen and oxygen atoms in total. The van der Waals surface area contributed by atoms with E-state index in [-0.39, 0.29) is 0 Å². The predicted molar refractivity (Wildman–Crippen MR) is 124 cm³/mol. The van der Waals surface area contributed by atoms with Gasteiger partial charge in [-0.25, -0.2) is 4.52 Å². The van der Waals surface area contributed by atoms with Crippen LogP contribution in [0.1, 0.15) is 63.5 Å². The average molecular weight is 432 g/mol. The first-order valence-corrected chi connectivity index (χ1v) is 11.7. The van der Waals surface area contributed by atoms with E-state index in [4.69, 9.17) is 4.98 Å². The van der Waals surface area contributed by atoms with Crippen LogP contribution in [-0.4, -0.2) is 41.0 Å². The van der Waals surface area contributed by atoms with Crippen molar-refractivity contribution in [2.24, 2.45) is 5.92 Å². The van der Waals surface area contributed by atoms with E-state index in [1.807, 2.05) is 28.9 Å². The number of fused-ring (bicyclic) bond motifs is 1. The lowest BCUT2D eigenvalue weighted by molar-refractivity contribution is 0.328. The van der Waals surface area contributed by atoms with Gasteiger partial charge in [0.05, 0.1) is 5.69 Å². The molecule has 0 saturated heterocycles. The highest BCUT2D eigenvalue weighted by Gasteiger charge is 2.26. The first kappa shape index (κ1) is 19.3. The van der Waals surface area contributed by atoms with Gasteiger partial charge in [-0.15, -0.1) is 5.10 Å². The SMILES string of the molecule is C[C@H](Nc1nc(Nc2cc(-c3cc(C4CC4)[nH]n3)[nH]n2)nn2cccc12)C1CCCCC1. The van der Waals surface area contributed by atoms with Crippen molar-refractivity contribution in [3.8, 4) is 11.4 Å². The second-order valence-corrected chi connectivity index (χ2v) is 9.23. The van der Waals surface area contributed by atoms with E-state index in [1.165, 1.54) is 50.6 Å². The Morgan fingerprint density at radius 1 is 1.06 bits per heavy atom. The number of hydrogen-bond donors (Lipinski definition) is 4. The highest BCUT2D eigenvalue weighted by molar-refractivity contribution is 5.70. The van der Waals surface area contributed by atoms with Gasteiger partial charge in [-0.1, -0.05) is 19.3 Å². The molecule has 0 radical (unpaired) electrons. The number of aromatic nitrogens is 7. The quantitative estimate of drug-likeness (QED) is 0.333.